The van der Waals surface area contributed by atoms with E-state index in [1.165, 1.54) is 31.2 Å². The molecule has 6 rings (SSSR count). The lowest BCUT2D eigenvalue weighted by Gasteiger charge is -2.14. The lowest BCUT2D eigenvalue weighted by Crippen LogP contribution is -2.09. The topological polar surface area (TPSA) is 109 Å². The number of ketones is 1. The van der Waals surface area contributed by atoms with E-state index in [9.17, 15) is 18.7 Å². The summed E-state index contributed by atoms with van der Waals surface area (Å²) in [5.74, 6) is -1.06. The summed E-state index contributed by atoms with van der Waals surface area (Å²) in [5.41, 5.74) is 7.12. The minimum absolute atomic E-state index is 0.217. The molecule has 14 heteroatoms. The Kier molecular flexibility index (Phi) is 11.3. The Morgan fingerprint density at radius 3 is 1.66 bits per heavy atom. The Labute approximate surface area is 298 Å². The number of hydrogen-bond acceptors (Lipinski definition) is 6. The molecule has 0 aliphatic carbocycles. The van der Waals surface area contributed by atoms with Crippen molar-refractivity contribution in [3.05, 3.63) is 128 Å². The predicted octanol–water partition coefficient (Wildman–Crippen LogP) is 7.82. The number of aromatic nitrogens is 8. The van der Waals surface area contributed by atoms with Gasteiger partial charge in [-0.3, -0.25) is 14.2 Å². The van der Waals surface area contributed by atoms with E-state index in [-0.39, 0.29) is 5.78 Å². The molecule has 262 valence electrons. The van der Waals surface area contributed by atoms with Crippen LogP contribution in [0.5, 0.6) is 0 Å². The van der Waals surface area contributed by atoms with Crippen molar-refractivity contribution in [1.82, 2.24) is 39.1 Å². The third kappa shape index (κ3) is 8.20. The second-order valence-electron chi connectivity index (χ2n) is 11.9. The van der Waals surface area contributed by atoms with Crippen molar-refractivity contribution >= 4 is 29.0 Å². The van der Waals surface area contributed by atoms with Crippen LogP contribution in [0.1, 0.15) is 83.6 Å². The smallest absolute Gasteiger partial charge is 0.162 e. The molecule has 0 saturated carbocycles. The number of nitrogens with zero attached hydrogens (tertiary/aromatic N) is 8. The summed E-state index contributed by atoms with van der Waals surface area (Å²) < 4.78 is 34.1. The SMILES string of the molecule is CCn1cc(Cc2cc(C)nn2-c2ccc(F)cc2C(C)=O)c(Cl)n1.CCn1cc(Cc2cc(C)nn2-c2ccc(F)cc2C(C)O)c(Cl)n1. The lowest BCUT2D eigenvalue weighted by molar-refractivity contribution is 0.101. The van der Waals surface area contributed by atoms with Gasteiger partial charge in [0.05, 0.1) is 28.9 Å². The number of aryl methyl sites for hydroxylation is 4. The summed E-state index contributed by atoms with van der Waals surface area (Å²) in [5, 5.41) is 28.4. The molecule has 10 nitrogen and oxygen atoms in total. The maximum absolute atomic E-state index is 13.6. The second kappa shape index (κ2) is 15.5. The molecular weight excluding hydrogens is 685 g/mol. The first-order valence-electron chi connectivity index (χ1n) is 16.1. The van der Waals surface area contributed by atoms with Gasteiger partial charge in [0.1, 0.15) is 11.6 Å². The molecule has 4 heterocycles. The van der Waals surface area contributed by atoms with Gasteiger partial charge in [0.15, 0.2) is 16.1 Å². The summed E-state index contributed by atoms with van der Waals surface area (Å²) in [7, 11) is 0. The van der Waals surface area contributed by atoms with Crippen molar-refractivity contribution in [3.8, 4) is 11.4 Å². The van der Waals surface area contributed by atoms with Crippen LogP contribution in [0.3, 0.4) is 0 Å². The molecular formula is C36H38Cl2F2N8O2. The van der Waals surface area contributed by atoms with Crippen LogP contribution in [0.25, 0.3) is 11.4 Å². The molecule has 0 aliphatic rings. The van der Waals surface area contributed by atoms with Crippen molar-refractivity contribution in [2.24, 2.45) is 0 Å². The molecule has 1 N–H and O–H groups in total. The van der Waals surface area contributed by atoms with Gasteiger partial charge < -0.3 is 5.11 Å². The van der Waals surface area contributed by atoms with Gasteiger partial charge in [-0.25, -0.2) is 18.1 Å². The van der Waals surface area contributed by atoms with Crippen LogP contribution in [0, 0.1) is 25.5 Å². The first kappa shape index (κ1) is 36.6. The van der Waals surface area contributed by atoms with Gasteiger partial charge in [0.25, 0.3) is 0 Å². The third-order valence-corrected chi connectivity index (χ3v) is 8.64. The lowest BCUT2D eigenvalue weighted by atomic mass is 10.1. The van der Waals surface area contributed by atoms with Gasteiger partial charge in [0, 0.05) is 72.0 Å². The van der Waals surface area contributed by atoms with Crippen LogP contribution in [-0.4, -0.2) is 50.0 Å². The number of rotatable bonds is 10. The zero-order valence-electron chi connectivity index (χ0n) is 28.6. The molecule has 1 unspecified atom stereocenters. The number of hydrogen-bond donors (Lipinski definition) is 1. The maximum atomic E-state index is 13.6. The van der Waals surface area contributed by atoms with Gasteiger partial charge in [0.2, 0.25) is 0 Å². The molecule has 0 radical (unpaired) electrons. The number of carbonyl (C=O) groups excluding carboxylic acids is 1. The van der Waals surface area contributed by atoms with Crippen LogP contribution >= 0.6 is 23.2 Å². The molecule has 1 atom stereocenters. The van der Waals surface area contributed by atoms with Gasteiger partial charge in [-0.15, -0.1) is 0 Å². The van der Waals surface area contributed by atoms with Crippen LogP contribution in [-0.2, 0) is 25.9 Å². The van der Waals surface area contributed by atoms with Gasteiger partial charge in [-0.2, -0.15) is 20.4 Å². The highest BCUT2D eigenvalue weighted by Crippen LogP contribution is 2.27. The van der Waals surface area contributed by atoms with Crippen molar-refractivity contribution in [2.75, 3.05) is 0 Å². The van der Waals surface area contributed by atoms with E-state index in [0.717, 1.165) is 47.0 Å². The fourth-order valence-electron chi connectivity index (χ4n) is 5.63. The average Bonchev–Trinajstić information content (AvgIpc) is 3.83. The number of aliphatic hydroxyl groups excluding tert-OH is 1. The first-order valence-corrected chi connectivity index (χ1v) is 16.9. The fourth-order valence-corrected chi connectivity index (χ4v) is 6.06. The highest BCUT2D eigenvalue weighted by Gasteiger charge is 2.19. The molecule has 50 heavy (non-hydrogen) atoms. The second-order valence-corrected chi connectivity index (χ2v) is 12.6. The van der Waals surface area contributed by atoms with Crippen molar-refractivity contribution in [3.63, 3.8) is 0 Å². The van der Waals surface area contributed by atoms with Crippen LogP contribution in [0.2, 0.25) is 10.3 Å². The van der Waals surface area contributed by atoms with Gasteiger partial charge >= 0.3 is 0 Å². The van der Waals surface area contributed by atoms with Gasteiger partial charge in [-0.05, 0) is 90.1 Å². The average molecular weight is 724 g/mol. The van der Waals surface area contributed by atoms with E-state index < -0.39 is 17.7 Å². The molecule has 0 spiro atoms. The van der Waals surface area contributed by atoms with Crippen molar-refractivity contribution in [1.29, 1.82) is 0 Å². The Balaban J connectivity index is 0.000000194. The summed E-state index contributed by atoms with van der Waals surface area (Å²) >= 11 is 12.4. The van der Waals surface area contributed by atoms with Crippen molar-refractivity contribution in [2.45, 2.75) is 73.6 Å². The largest absolute Gasteiger partial charge is 0.389 e. The van der Waals surface area contributed by atoms with E-state index >= 15 is 0 Å². The van der Waals surface area contributed by atoms with Crippen LogP contribution in [0.4, 0.5) is 8.78 Å². The van der Waals surface area contributed by atoms with E-state index in [1.807, 2.05) is 52.2 Å². The molecule has 6 aromatic rings. The maximum Gasteiger partial charge on any atom is 0.162 e. The van der Waals surface area contributed by atoms with Crippen LogP contribution < -0.4 is 0 Å². The minimum atomic E-state index is -0.811. The summed E-state index contributed by atoms with van der Waals surface area (Å²) in [6.07, 6.45) is 4.04. The number of halogens is 4. The Morgan fingerprint density at radius 1 is 0.760 bits per heavy atom. The summed E-state index contributed by atoms with van der Waals surface area (Å²) in [6.45, 7) is 12.2. The molecule has 0 fully saturated rings. The molecule has 0 saturated heterocycles. The summed E-state index contributed by atoms with van der Waals surface area (Å²) in [4.78, 5) is 11.9. The predicted molar refractivity (Wildman–Crippen MR) is 189 cm³/mol. The number of carbonyl (C=O) groups is 1. The monoisotopic (exact) mass is 722 g/mol. The zero-order chi connectivity index (χ0) is 36.3. The van der Waals surface area contributed by atoms with E-state index in [4.69, 9.17) is 23.2 Å². The third-order valence-electron chi connectivity index (χ3n) is 8.01. The normalized spacial score (nSPS) is 11.8. The fraction of sp³-hybridized carbons (Fsp3) is 0.306. The molecule has 4 aromatic heterocycles. The number of benzene rings is 2. The minimum Gasteiger partial charge on any atom is -0.389 e. The van der Waals surface area contributed by atoms with Crippen LogP contribution in [0.15, 0.2) is 60.9 Å². The standard InChI is InChI=1S/C18H20ClFN4O.C18H18ClFN4O/c2*1-4-23-10-13(18(19)22-23)8-15-7-11(2)21-24(15)17-6-5-14(20)9-16(17)12(3)25/h5-7,9-10,12,25H,4,8H2,1-3H3;5-7,9-10H,4,8H2,1-3H3. The zero-order valence-corrected chi connectivity index (χ0v) is 30.1. The Hall–Kier alpha value is -4.65. The van der Waals surface area contributed by atoms with E-state index in [1.54, 1.807) is 37.8 Å². The molecule has 0 amide bonds. The van der Waals surface area contributed by atoms with E-state index in [0.29, 0.717) is 45.6 Å². The Morgan fingerprint density at radius 2 is 1.22 bits per heavy atom. The summed E-state index contributed by atoms with van der Waals surface area (Å²) in [6, 6.07) is 12.3. The molecule has 2 aromatic carbocycles. The molecule has 0 bridgehead atoms. The first-order chi connectivity index (χ1) is 23.8. The molecule has 0 aliphatic heterocycles. The Bertz CT molecular complexity index is 2150. The number of Topliss-reactive ketones (excluding diaryl/α,β-unsaturated/α-hetero) is 1. The van der Waals surface area contributed by atoms with Gasteiger partial charge in [-0.1, -0.05) is 23.2 Å². The highest BCUT2D eigenvalue weighted by molar-refractivity contribution is 6.30. The quantitative estimate of drug-likeness (QED) is 0.145. The number of aliphatic hydroxyl groups is 1. The van der Waals surface area contributed by atoms with E-state index in [2.05, 4.69) is 20.4 Å². The van der Waals surface area contributed by atoms with Crippen molar-refractivity contribution < 1.29 is 18.7 Å². The highest BCUT2D eigenvalue weighted by atomic mass is 35.5.